The van der Waals surface area contributed by atoms with Gasteiger partial charge in [-0.2, -0.15) is 12.6 Å². The number of unbranched alkanes of at least 4 members (excludes halogenated alkanes) is 1. The van der Waals surface area contributed by atoms with Crippen molar-refractivity contribution in [3.05, 3.63) is 35.9 Å². The van der Waals surface area contributed by atoms with Crippen molar-refractivity contribution in [2.75, 3.05) is 0 Å². The first kappa shape index (κ1) is 17.1. The van der Waals surface area contributed by atoms with Crippen LogP contribution < -0.4 is 5.32 Å². The maximum absolute atomic E-state index is 12.2. The molecule has 2 unspecified atom stereocenters. The van der Waals surface area contributed by atoms with E-state index in [2.05, 4.69) is 31.8 Å². The fraction of sp³-hybridized carbons (Fsp3) is 0.588. The van der Waals surface area contributed by atoms with E-state index in [1.165, 1.54) is 12.8 Å². The summed E-state index contributed by atoms with van der Waals surface area (Å²) < 4.78 is 0. The van der Waals surface area contributed by atoms with Crippen LogP contribution in [0.1, 0.15) is 51.5 Å². The van der Waals surface area contributed by atoms with Gasteiger partial charge in [0, 0.05) is 6.04 Å². The van der Waals surface area contributed by atoms with Gasteiger partial charge in [0.15, 0.2) is 0 Å². The van der Waals surface area contributed by atoms with Crippen LogP contribution in [0.25, 0.3) is 0 Å². The molecular formula is C17H27NOS. The van der Waals surface area contributed by atoms with Gasteiger partial charge < -0.3 is 5.32 Å². The molecule has 0 aliphatic rings. The molecule has 112 valence electrons. The van der Waals surface area contributed by atoms with Crippen LogP contribution in [0.15, 0.2) is 30.3 Å². The van der Waals surface area contributed by atoms with E-state index in [1.54, 1.807) is 0 Å². The first-order valence-corrected chi connectivity index (χ1v) is 8.21. The van der Waals surface area contributed by atoms with Gasteiger partial charge in [0.2, 0.25) is 5.91 Å². The highest BCUT2D eigenvalue weighted by Crippen LogP contribution is 2.11. The SMILES string of the molecule is CCCCC(CCC)NC(=O)C(S)Cc1ccccc1. The van der Waals surface area contributed by atoms with Gasteiger partial charge in [0.05, 0.1) is 5.25 Å². The zero-order valence-electron chi connectivity index (χ0n) is 12.6. The molecule has 1 aromatic rings. The third-order valence-electron chi connectivity index (χ3n) is 3.46. The number of carbonyl (C=O) groups excluding carboxylic acids is 1. The Labute approximate surface area is 128 Å². The topological polar surface area (TPSA) is 29.1 Å². The molecule has 1 aromatic carbocycles. The monoisotopic (exact) mass is 293 g/mol. The molecular weight excluding hydrogens is 266 g/mol. The number of thiol groups is 1. The zero-order valence-corrected chi connectivity index (χ0v) is 13.5. The molecule has 0 aromatic heterocycles. The molecule has 1 amide bonds. The number of nitrogens with one attached hydrogen (secondary N) is 1. The van der Waals surface area contributed by atoms with Gasteiger partial charge in [-0.25, -0.2) is 0 Å². The Kier molecular flexibility index (Phi) is 8.43. The molecule has 0 heterocycles. The van der Waals surface area contributed by atoms with Crippen LogP contribution in [0.2, 0.25) is 0 Å². The van der Waals surface area contributed by atoms with Crippen molar-refractivity contribution < 1.29 is 4.79 Å². The highest BCUT2D eigenvalue weighted by molar-refractivity contribution is 7.81. The molecule has 0 saturated heterocycles. The van der Waals surface area contributed by atoms with E-state index in [0.717, 1.165) is 24.8 Å². The Morgan fingerprint density at radius 3 is 2.45 bits per heavy atom. The van der Waals surface area contributed by atoms with Crippen LogP contribution in [-0.2, 0) is 11.2 Å². The summed E-state index contributed by atoms with van der Waals surface area (Å²) in [5.41, 5.74) is 1.16. The highest BCUT2D eigenvalue weighted by atomic mass is 32.1. The largest absolute Gasteiger partial charge is 0.352 e. The molecule has 20 heavy (non-hydrogen) atoms. The van der Waals surface area contributed by atoms with Crippen molar-refractivity contribution in [3.8, 4) is 0 Å². The molecule has 0 aliphatic heterocycles. The van der Waals surface area contributed by atoms with E-state index in [1.807, 2.05) is 30.3 Å². The van der Waals surface area contributed by atoms with E-state index in [4.69, 9.17) is 0 Å². The minimum atomic E-state index is -0.265. The van der Waals surface area contributed by atoms with Crippen LogP contribution in [0.5, 0.6) is 0 Å². The van der Waals surface area contributed by atoms with Crippen molar-refractivity contribution in [1.82, 2.24) is 5.32 Å². The van der Waals surface area contributed by atoms with Crippen LogP contribution in [0.4, 0.5) is 0 Å². The lowest BCUT2D eigenvalue weighted by molar-refractivity contribution is -0.121. The average Bonchev–Trinajstić information content (AvgIpc) is 2.46. The van der Waals surface area contributed by atoms with Crippen molar-refractivity contribution in [2.45, 2.75) is 63.7 Å². The predicted octanol–water partition coefficient (Wildman–Crippen LogP) is 4.00. The Morgan fingerprint density at radius 2 is 1.85 bits per heavy atom. The standard InChI is InChI=1S/C17H27NOS/c1-3-5-12-15(9-4-2)18-17(19)16(20)13-14-10-7-6-8-11-14/h6-8,10-11,15-16,20H,3-5,9,12-13H2,1-2H3,(H,18,19). The van der Waals surface area contributed by atoms with Gasteiger partial charge >= 0.3 is 0 Å². The molecule has 0 saturated carbocycles. The molecule has 0 fully saturated rings. The van der Waals surface area contributed by atoms with Crippen LogP contribution in [0.3, 0.4) is 0 Å². The summed E-state index contributed by atoms with van der Waals surface area (Å²) in [6, 6.07) is 10.4. The number of amides is 1. The maximum Gasteiger partial charge on any atom is 0.233 e. The quantitative estimate of drug-likeness (QED) is 0.662. The summed E-state index contributed by atoms with van der Waals surface area (Å²) in [7, 11) is 0. The van der Waals surface area contributed by atoms with E-state index in [-0.39, 0.29) is 11.2 Å². The molecule has 0 aliphatic carbocycles. The Bertz CT molecular complexity index is 380. The molecule has 2 nitrogen and oxygen atoms in total. The molecule has 1 rings (SSSR count). The summed E-state index contributed by atoms with van der Waals surface area (Å²) >= 11 is 4.46. The summed E-state index contributed by atoms with van der Waals surface area (Å²) in [5.74, 6) is 0.0618. The van der Waals surface area contributed by atoms with Crippen molar-refractivity contribution in [2.24, 2.45) is 0 Å². The van der Waals surface area contributed by atoms with Gasteiger partial charge in [0.1, 0.15) is 0 Å². The number of hydrogen-bond acceptors (Lipinski definition) is 2. The fourth-order valence-corrected chi connectivity index (χ4v) is 2.60. The maximum atomic E-state index is 12.2. The number of hydrogen-bond donors (Lipinski definition) is 2. The van der Waals surface area contributed by atoms with Gasteiger partial charge in [-0.1, -0.05) is 63.4 Å². The average molecular weight is 293 g/mol. The predicted molar refractivity (Wildman–Crippen MR) is 89.3 cm³/mol. The summed E-state index contributed by atoms with van der Waals surface area (Å²) in [6.45, 7) is 4.34. The first-order valence-electron chi connectivity index (χ1n) is 7.69. The smallest absolute Gasteiger partial charge is 0.233 e. The lowest BCUT2D eigenvalue weighted by atomic mass is 10.0. The number of carbonyl (C=O) groups is 1. The third kappa shape index (κ3) is 6.47. The number of rotatable bonds is 9. The normalized spacial score (nSPS) is 13.8. The molecule has 0 bridgehead atoms. The lowest BCUT2D eigenvalue weighted by Gasteiger charge is -2.20. The second-order valence-corrected chi connectivity index (χ2v) is 5.97. The summed E-state index contributed by atoms with van der Waals surface area (Å²) in [5, 5.41) is 2.89. The van der Waals surface area contributed by atoms with Gasteiger partial charge in [0.25, 0.3) is 0 Å². The zero-order chi connectivity index (χ0) is 14.8. The van der Waals surface area contributed by atoms with Gasteiger partial charge in [-0.15, -0.1) is 0 Å². The second kappa shape index (κ2) is 9.87. The molecule has 2 atom stereocenters. The molecule has 0 radical (unpaired) electrons. The highest BCUT2D eigenvalue weighted by Gasteiger charge is 2.18. The number of benzene rings is 1. The van der Waals surface area contributed by atoms with Crippen LogP contribution >= 0.6 is 12.6 Å². The first-order chi connectivity index (χ1) is 9.67. The molecule has 0 spiro atoms. The Morgan fingerprint density at radius 1 is 1.15 bits per heavy atom. The van der Waals surface area contributed by atoms with Crippen LogP contribution in [-0.4, -0.2) is 17.2 Å². The Balaban J connectivity index is 2.46. The van der Waals surface area contributed by atoms with E-state index in [9.17, 15) is 4.79 Å². The van der Waals surface area contributed by atoms with E-state index in [0.29, 0.717) is 12.5 Å². The lowest BCUT2D eigenvalue weighted by Crippen LogP contribution is -2.40. The molecule has 3 heteroatoms. The second-order valence-electron chi connectivity index (χ2n) is 5.34. The van der Waals surface area contributed by atoms with Crippen molar-refractivity contribution in [1.29, 1.82) is 0 Å². The van der Waals surface area contributed by atoms with E-state index >= 15 is 0 Å². The van der Waals surface area contributed by atoms with E-state index < -0.39 is 0 Å². The summed E-state index contributed by atoms with van der Waals surface area (Å²) in [6.07, 6.45) is 6.25. The minimum absolute atomic E-state index is 0.0618. The van der Waals surface area contributed by atoms with Gasteiger partial charge in [-0.05, 0) is 24.8 Å². The molecule has 1 N–H and O–H groups in total. The van der Waals surface area contributed by atoms with Crippen LogP contribution in [0, 0.1) is 0 Å². The van der Waals surface area contributed by atoms with Gasteiger partial charge in [-0.3, -0.25) is 4.79 Å². The minimum Gasteiger partial charge on any atom is -0.352 e. The summed E-state index contributed by atoms with van der Waals surface area (Å²) in [4.78, 5) is 12.2. The fourth-order valence-electron chi connectivity index (χ4n) is 2.32. The Hall–Kier alpha value is -0.960. The van der Waals surface area contributed by atoms with Crippen molar-refractivity contribution in [3.63, 3.8) is 0 Å². The third-order valence-corrected chi connectivity index (χ3v) is 3.88. The van der Waals surface area contributed by atoms with Crippen molar-refractivity contribution >= 4 is 18.5 Å².